The third kappa shape index (κ3) is 7.53. The molecule has 0 aromatic heterocycles. The van der Waals surface area contributed by atoms with E-state index in [2.05, 4.69) is 22.5 Å². The highest BCUT2D eigenvalue weighted by Gasteiger charge is 2.22. The molecule has 0 saturated carbocycles. The summed E-state index contributed by atoms with van der Waals surface area (Å²) in [4.78, 5) is 27.7. The molecule has 1 aromatic rings. The van der Waals surface area contributed by atoms with E-state index < -0.39 is 11.8 Å². The van der Waals surface area contributed by atoms with Crippen molar-refractivity contribution in [3.8, 4) is 0 Å². The number of anilines is 1. The van der Waals surface area contributed by atoms with E-state index in [0.29, 0.717) is 44.0 Å². The highest BCUT2D eigenvalue weighted by atomic mass is 19.1. The predicted octanol–water partition coefficient (Wildman–Crippen LogP) is 4.65. The van der Waals surface area contributed by atoms with Crippen molar-refractivity contribution in [3.63, 3.8) is 0 Å². The number of carbonyl (C=O) groups excluding carboxylic acids is 2. The number of piperazine rings is 1. The van der Waals surface area contributed by atoms with Gasteiger partial charge in [-0.05, 0) is 32.4 Å². The van der Waals surface area contributed by atoms with Crippen LogP contribution in [0.2, 0.25) is 0 Å². The van der Waals surface area contributed by atoms with Crippen LogP contribution >= 0.6 is 0 Å². The van der Waals surface area contributed by atoms with E-state index >= 15 is 4.39 Å². The molecule has 1 aliphatic rings. The fraction of sp³-hybridized carbons (Fsp3) is 0.417. The van der Waals surface area contributed by atoms with E-state index in [1.165, 1.54) is 18.7 Å². The Balaban J connectivity index is 1.95. The number of hydrogen-bond acceptors (Lipinski definition) is 4. The van der Waals surface area contributed by atoms with Crippen molar-refractivity contribution >= 4 is 17.8 Å². The molecular formula is C24H33FN4O3. The van der Waals surface area contributed by atoms with Crippen LogP contribution in [0, 0.1) is 5.82 Å². The number of ether oxygens (including phenoxy) is 1. The minimum Gasteiger partial charge on any atom is -0.453 e. The van der Waals surface area contributed by atoms with Crippen LogP contribution in [-0.2, 0) is 11.3 Å². The van der Waals surface area contributed by atoms with Crippen LogP contribution in [0.5, 0.6) is 0 Å². The molecule has 0 radical (unpaired) electrons. The first kappa shape index (κ1) is 25.1. The normalized spacial score (nSPS) is 15.7. The van der Waals surface area contributed by atoms with Gasteiger partial charge < -0.3 is 20.3 Å². The van der Waals surface area contributed by atoms with Crippen molar-refractivity contribution in [3.05, 3.63) is 65.2 Å². The molecule has 1 saturated heterocycles. The van der Waals surface area contributed by atoms with Crippen LogP contribution in [0.3, 0.4) is 0 Å². The molecule has 0 atom stereocenters. The van der Waals surface area contributed by atoms with Crippen molar-refractivity contribution in [2.24, 2.45) is 0 Å². The van der Waals surface area contributed by atoms with Crippen molar-refractivity contribution in [2.75, 3.05) is 38.6 Å². The first-order chi connectivity index (χ1) is 15.4. The lowest BCUT2D eigenvalue weighted by atomic mass is 10.1. The maximum atomic E-state index is 15.0. The molecule has 3 amide bonds. The van der Waals surface area contributed by atoms with Crippen LogP contribution < -0.4 is 10.6 Å². The van der Waals surface area contributed by atoms with Gasteiger partial charge in [0.05, 0.1) is 12.8 Å². The number of benzene rings is 1. The van der Waals surface area contributed by atoms with Gasteiger partial charge in [-0.1, -0.05) is 42.9 Å². The highest BCUT2D eigenvalue weighted by molar-refractivity contribution is 5.90. The van der Waals surface area contributed by atoms with Gasteiger partial charge in [0.2, 0.25) is 0 Å². The second-order valence-electron chi connectivity index (χ2n) is 7.56. The minimum atomic E-state index is -0.512. The highest BCUT2D eigenvalue weighted by Crippen LogP contribution is 2.20. The van der Waals surface area contributed by atoms with Gasteiger partial charge in [0.1, 0.15) is 0 Å². The first-order valence-electron chi connectivity index (χ1n) is 10.8. The van der Waals surface area contributed by atoms with Crippen molar-refractivity contribution in [1.82, 2.24) is 15.1 Å². The third-order valence-corrected chi connectivity index (χ3v) is 5.31. The molecule has 32 heavy (non-hydrogen) atoms. The number of carbonyl (C=O) groups is 2. The van der Waals surface area contributed by atoms with Crippen LogP contribution in [0.4, 0.5) is 19.7 Å². The van der Waals surface area contributed by atoms with Crippen LogP contribution in [0.25, 0.3) is 0 Å². The Bertz CT molecular complexity index is 887. The van der Waals surface area contributed by atoms with Gasteiger partial charge in [0, 0.05) is 44.0 Å². The first-order valence-corrected chi connectivity index (χ1v) is 10.8. The van der Waals surface area contributed by atoms with E-state index in [1.54, 1.807) is 29.2 Å². The van der Waals surface area contributed by atoms with Gasteiger partial charge >= 0.3 is 12.1 Å². The number of methoxy groups -OCH3 is 1. The van der Waals surface area contributed by atoms with Gasteiger partial charge in [0.15, 0.2) is 5.82 Å². The zero-order valence-electron chi connectivity index (χ0n) is 19.3. The van der Waals surface area contributed by atoms with Gasteiger partial charge in [-0.25, -0.2) is 14.0 Å². The van der Waals surface area contributed by atoms with E-state index in [4.69, 9.17) is 4.74 Å². The minimum absolute atomic E-state index is 0.120. The molecule has 0 spiro atoms. The van der Waals surface area contributed by atoms with E-state index in [1.807, 2.05) is 26.0 Å². The van der Waals surface area contributed by atoms with Gasteiger partial charge in [0.25, 0.3) is 0 Å². The monoisotopic (exact) mass is 444 g/mol. The lowest BCUT2D eigenvalue weighted by Gasteiger charge is -2.33. The lowest BCUT2D eigenvalue weighted by molar-refractivity contribution is 0.0885. The van der Waals surface area contributed by atoms with Crippen LogP contribution in [0.15, 0.2) is 53.8 Å². The van der Waals surface area contributed by atoms with Crippen LogP contribution in [-0.4, -0.2) is 55.2 Å². The summed E-state index contributed by atoms with van der Waals surface area (Å²) in [5.41, 5.74) is 2.45. The average Bonchev–Trinajstić information content (AvgIpc) is 2.80. The molecule has 8 heteroatoms. The average molecular weight is 445 g/mol. The summed E-state index contributed by atoms with van der Waals surface area (Å²) in [5.74, 6) is -0.461. The van der Waals surface area contributed by atoms with Crippen LogP contribution in [0.1, 0.15) is 32.8 Å². The van der Waals surface area contributed by atoms with E-state index in [-0.39, 0.29) is 11.8 Å². The lowest BCUT2D eigenvalue weighted by Crippen LogP contribution is -2.48. The summed E-state index contributed by atoms with van der Waals surface area (Å²) in [7, 11) is 1.36. The fourth-order valence-electron chi connectivity index (χ4n) is 3.19. The largest absolute Gasteiger partial charge is 0.453 e. The smallest absolute Gasteiger partial charge is 0.409 e. The Morgan fingerprint density at radius 2 is 1.94 bits per heavy atom. The zero-order valence-corrected chi connectivity index (χ0v) is 19.3. The number of halogens is 1. The third-order valence-electron chi connectivity index (χ3n) is 5.31. The Hall–Kier alpha value is -3.13. The molecule has 2 rings (SSSR count). The van der Waals surface area contributed by atoms with Gasteiger partial charge in [-0.15, -0.1) is 0 Å². The SMILES string of the molecule is C\C=C(/C=C\C=C(/C)CC)NC(=O)Nc1cccc(CN2CCN(C(=O)OC)CC2)c1F. The Labute approximate surface area is 189 Å². The number of amides is 3. The standard InChI is InChI=1S/C24H33FN4O3/c1-5-18(3)9-7-11-20(6-2)26-23(30)27-21-12-8-10-19(22(21)25)17-28-13-15-29(16-14-28)24(31)32-4/h6-12H,5,13-17H2,1-4H3,(H2,26,27,30)/b11-7-,18-9+,20-6+. The maximum absolute atomic E-state index is 15.0. The molecule has 7 nitrogen and oxygen atoms in total. The number of nitrogens with zero attached hydrogens (tertiary/aromatic N) is 2. The second kappa shape index (κ2) is 12.7. The summed E-state index contributed by atoms with van der Waals surface area (Å²) >= 11 is 0. The quantitative estimate of drug-likeness (QED) is 0.601. The van der Waals surface area contributed by atoms with Gasteiger partial charge in [-0.3, -0.25) is 4.90 Å². The summed E-state index contributed by atoms with van der Waals surface area (Å²) in [5, 5.41) is 5.31. The molecule has 0 bridgehead atoms. The van der Waals surface area contributed by atoms with Gasteiger partial charge in [-0.2, -0.15) is 0 Å². The molecule has 0 unspecified atom stereocenters. The number of rotatable bonds is 7. The Morgan fingerprint density at radius 1 is 1.22 bits per heavy atom. The van der Waals surface area contributed by atoms with Crippen molar-refractivity contribution in [1.29, 1.82) is 0 Å². The molecule has 1 heterocycles. The molecule has 1 aromatic carbocycles. The number of hydrogen-bond donors (Lipinski definition) is 2. The Morgan fingerprint density at radius 3 is 2.56 bits per heavy atom. The summed E-state index contributed by atoms with van der Waals surface area (Å²) in [6.07, 6.45) is 8.03. The predicted molar refractivity (Wildman–Crippen MR) is 125 cm³/mol. The molecule has 174 valence electrons. The number of allylic oxidation sites excluding steroid dienone is 5. The second-order valence-corrected chi connectivity index (χ2v) is 7.56. The molecular weight excluding hydrogens is 411 g/mol. The maximum Gasteiger partial charge on any atom is 0.409 e. The molecule has 1 aliphatic heterocycles. The van der Waals surface area contributed by atoms with Crippen molar-refractivity contribution < 1.29 is 18.7 Å². The van der Waals surface area contributed by atoms with E-state index in [9.17, 15) is 9.59 Å². The summed E-state index contributed by atoms with van der Waals surface area (Å²) < 4.78 is 19.7. The van der Waals surface area contributed by atoms with Crippen molar-refractivity contribution in [2.45, 2.75) is 33.7 Å². The number of nitrogens with one attached hydrogen (secondary N) is 2. The zero-order chi connectivity index (χ0) is 23.5. The molecule has 1 fully saturated rings. The summed E-state index contributed by atoms with van der Waals surface area (Å²) in [6.45, 7) is 8.62. The summed E-state index contributed by atoms with van der Waals surface area (Å²) in [6, 6.07) is 4.44. The topological polar surface area (TPSA) is 73.9 Å². The Kier molecular flexibility index (Phi) is 9.94. The molecule has 0 aliphatic carbocycles. The number of urea groups is 1. The fourth-order valence-corrected chi connectivity index (χ4v) is 3.19. The molecule has 2 N–H and O–H groups in total. The van der Waals surface area contributed by atoms with E-state index in [0.717, 1.165) is 6.42 Å².